The first kappa shape index (κ1) is 16.2. The second-order valence-electron chi connectivity index (χ2n) is 6.09. The van der Waals surface area contributed by atoms with Crippen LogP contribution in [0.25, 0.3) is 0 Å². The summed E-state index contributed by atoms with van der Waals surface area (Å²) in [6.45, 7) is 2.20. The van der Waals surface area contributed by atoms with Gasteiger partial charge >= 0.3 is 0 Å². The molecule has 6 nitrogen and oxygen atoms in total. The molecule has 2 heterocycles. The summed E-state index contributed by atoms with van der Waals surface area (Å²) in [7, 11) is 0. The van der Waals surface area contributed by atoms with Crippen molar-refractivity contribution in [2.45, 2.75) is 38.3 Å². The predicted octanol–water partition coefficient (Wildman–Crippen LogP) is 2.34. The van der Waals surface area contributed by atoms with Gasteiger partial charge in [0.05, 0.1) is 18.5 Å². The minimum atomic E-state index is -0.311. The molecule has 2 atom stereocenters. The van der Waals surface area contributed by atoms with Crippen LogP contribution in [0.5, 0.6) is 0 Å². The quantitative estimate of drug-likeness (QED) is 0.885. The lowest BCUT2D eigenvalue weighted by Gasteiger charge is -2.26. The molecule has 126 valence electrons. The van der Waals surface area contributed by atoms with E-state index in [0.717, 1.165) is 30.8 Å². The molecule has 2 amide bonds. The third-order valence-corrected chi connectivity index (χ3v) is 4.37. The Morgan fingerprint density at radius 1 is 1.38 bits per heavy atom. The summed E-state index contributed by atoms with van der Waals surface area (Å²) in [4.78, 5) is 33.7. The van der Waals surface area contributed by atoms with Crippen LogP contribution in [-0.4, -0.2) is 33.2 Å². The Bertz CT molecular complexity index is 684. The number of hydrogen-bond acceptors (Lipinski definition) is 3. The normalized spacial score (nSPS) is 18.4. The highest BCUT2D eigenvalue weighted by Crippen LogP contribution is 2.31. The molecule has 1 fully saturated rings. The summed E-state index contributed by atoms with van der Waals surface area (Å²) in [5.74, 6) is 0.730. The van der Waals surface area contributed by atoms with Gasteiger partial charge in [-0.2, -0.15) is 0 Å². The Labute approximate surface area is 141 Å². The Kier molecular flexibility index (Phi) is 4.93. The Hall–Kier alpha value is -2.63. The zero-order valence-corrected chi connectivity index (χ0v) is 13.7. The first-order valence-electron chi connectivity index (χ1n) is 8.26. The topological polar surface area (TPSA) is 78.1 Å². The standard InChI is InChI=1S/C18H22N4O2/c1-13(23)21-15(14-6-3-2-4-7-14)12-17(24)22-11-5-8-16(22)18-19-9-10-20-18/h2-4,6-7,9-10,15-16H,5,8,11-12H2,1H3,(H,19,20)(H,21,23). The predicted molar refractivity (Wildman–Crippen MR) is 89.9 cm³/mol. The monoisotopic (exact) mass is 326 g/mol. The van der Waals surface area contributed by atoms with E-state index in [1.807, 2.05) is 35.2 Å². The van der Waals surface area contributed by atoms with Gasteiger partial charge in [-0.3, -0.25) is 9.59 Å². The third kappa shape index (κ3) is 3.64. The van der Waals surface area contributed by atoms with Gasteiger partial charge in [-0.15, -0.1) is 0 Å². The lowest BCUT2D eigenvalue weighted by Crippen LogP contribution is -2.35. The number of H-pyrrole nitrogens is 1. The zero-order valence-electron chi connectivity index (χ0n) is 13.7. The van der Waals surface area contributed by atoms with Gasteiger partial charge in [-0.25, -0.2) is 4.98 Å². The maximum absolute atomic E-state index is 12.8. The smallest absolute Gasteiger partial charge is 0.225 e. The minimum Gasteiger partial charge on any atom is -0.349 e. The van der Waals surface area contributed by atoms with Gasteiger partial charge in [-0.05, 0) is 18.4 Å². The van der Waals surface area contributed by atoms with Crippen LogP contribution in [0.2, 0.25) is 0 Å². The van der Waals surface area contributed by atoms with Crippen molar-refractivity contribution in [3.8, 4) is 0 Å². The summed E-state index contributed by atoms with van der Waals surface area (Å²) in [6, 6.07) is 9.30. The van der Waals surface area contributed by atoms with E-state index in [1.165, 1.54) is 6.92 Å². The summed E-state index contributed by atoms with van der Waals surface area (Å²) < 4.78 is 0. The number of benzene rings is 1. The number of rotatable bonds is 5. The maximum Gasteiger partial charge on any atom is 0.225 e. The highest BCUT2D eigenvalue weighted by Gasteiger charge is 2.32. The Morgan fingerprint density at radius 2 is 2.17 bits per heavy atom. The van der Waals surface area contributed by atoms with Gasteiger partial charge in [0.1, 0.15) is 5.82 Å². The average Bonchev–Trinajstić information content (AvgIpc) is 3.25. The number of amides is 2. The van der Waals surface area contributed by atoms with Crippen LogP contribution in [0.3, 0.4) is 0 Å². The number of nitrogens with one attached hydrogen (secondary N) is 2. The van der Waals surface area contributed by atoms with E-state index in [4.69, 9.17) is 0 Å². The SMILES string of the molecule is CC(=O)NC(CC(=O)N1CCCC1c1ncc[nH]1)c1ccccc1. The van der Waals surface area contributed by atoms with Crippen LogP contribution in [0.15, 0.2) is 42.7 Å². The van der Waals surface area contributed by atoms with Crippen molar-refractivity contribution >= 4 is 11.8 Å². The molecule has 0 aliphatic carbocycles. The molecule has 3 rings (SSSR count). The fraction of sp³-hybridized carbons (Fsp3) is 0.389. The Balaban J connectivity index is 1.74. The number of hydrogen-bond donors (Lipinski definition) is 2. The summed E-state index contributed by atoms with van der Waals surface area (Å²) in [5, 5.41) is 2.89. The van der Waals surface area contributed by atoms with Gasteiger partial charge in [0.25, 0.3) is 0 Å². The molecule has 1 aliphatic heterocycles. The van der Waals surface area contributed by atoms with E-state index >= 15 is 0 Å². The number of likely N-dealkylation sites (tertiary alicyclic amines) is 1. The number of aromatic amines is 1. The van der Waals surface area contributed by atoms with E-state index in [-0.39, 0.29) is 30.3 Å². The molecule has 0 radical (unpaired) electrons. The molecular formula is C18H22N4O2. The van der Waals surface area contributed by atoms with Crippen LogP contribution in [0.1, 0.15) is 49.7 Å². The molecule has 2 unspecified atom stereocenters. The van der Waals surface area contributed by atoms with Crippen molar-refractivity contribution in [3.05, 3.63) is 54.1 Å². The highest BCUT2D eigenvalue weighted by molar-refractivity contribution is 5.79. The highest BCUT2D eigenvalue weighted by atomic mass is 16.2. The van der Waals surface area contributed by atoms with Gasteiger partial charge in [0.2, 0.25) is 11.8 Å². The van der Waals surface area contributed by atoms with Crippen LogP contribution in [0.4, 0.5) is 0 Å². The fourth-order valence-electron chi connectivity index (χ4n) is 3.28. The van der Waals surface area contributed by atoms with E-state index in [1.54, 1.807) is 12.4 Å². The number of nitrogens with zero attached hydrogens (tertiary/aromatic N) is 2. The van der Waals surface area contributed by atoms with Crippen molar-refractivity contribution in [1.29, 1.82) is 0 Å². The molecule has 2 aromatic rings. The van der Waals surface area contributed by atoms with Gasteiger partial charge in [0.15, 0.2) is 0 Å². The Morgan fingerprint density at radius 3 is 2.83 bits per heavy atom. The van der Waals surface area contributed by atoms with Gasteiger partial charge in [-0.1, -0.05) is 30.3 Å². The first-order valence-corrected chi connectivity index (χ1v) is 8.26. The summed E-state index contributed by atoms with van der Waals surface area (Å²) >= 11 is 0. The largest absolute Gasteiger partial charge is 0.349 e. The van der Waals surface area contributed by atoms with Crippen molar-refractivity contribution in [2.24, 2.45) is 0 Å². The third-order valence-electron chi connectivity index (χ3n) is 4.37. The molecule has 6 heteroatoms. The first-order chi connectivity index (χ1) is 11.6. The molecule has 1 aliphatic rings. The molecule has 24 heavy (non-hydrogen) atoms. The maximum atomic E-state index is 12.8. The number of carbonyl (C=O) groups excluding carboxylic acids is 2. The van der Waals surface area contributed by atoms with E-state index < -0.39 is 0 Å². The molecule has 1 aromatic carbocycles. The van der Waals surface area contributed by atoms with Crippen molar-refractivity contribution < 1.29 is 9.59 Å². The minimum absolute atomic E-state index is 0.00116. The lowest BCUT2D eigenvalue weighted by atomic mass is 10.0. The summed E-state index contributed by atoms with van der Waals surface area (Å²) in [5.41, 5.74) is 0.940. The van der Waals surface area contributed by atoms with E-state index in [9.17, 15) is 9.59 Å². The van der Waals surface area contributed by atoms with Crippen LogP contribution < -0.4 is 5.32 Å². The van der Waals surface area contributed by atoms with Crippen molar-refractivity contribution in [2.75, 3.05) is 6.54 Å². The second-order valence-corrected chi connectivity index (χ2v) is 6.09. The van der Waals surface area contributed by atoms with Crippen LogP contribution >= 0.6 is 0 Å². The molecule has 2 N–H and O–H groups in total. The van der Waals surface area contributed by atoms with Crippen molar-refractivity contribution in [3.63, 3.8) is 0 Å². The fourth-order valence-corrected chi connectivity index (χ4v) is 3.28. The zero-order chi connectivity index (χ0) is 16.9. The van der Waals surface area contributed by atoms with Gasteiger partial charge in [0, 0.05) is 25.9 Å². The van der Waals surface area contributed by atoms with E-state index in [0.29, 0.717) is 0 Å². The number of aromatic nitrogens is 2. The van der Waals surface area contributed by atoms with Crippen LogP contribution in [-0.2, 0) is 9.59 Å². The van der Waals surface area contributed by atoms with E-state index in [2.05, 4.69) is 15.3 Å². The van der Waals surface area contributed by atoms with Crippen molar-refractivity contribution in [1.82, 2.24) is 20.2 Å². The number of carbonyl (C=O) groups is 2. The molecular weight excluding hydrogens is 304 g/mol. The molecule has 1 aromatic heterocycles. The average molecular weight is 326 g/mol. The van der Waals surface area contributed by atoms with Gasteiger partial charge < -0.3 is 15.2 Å². The van der Waals surface area contributed by atoms with Crippen LogP contribution in [0, 0.1) is 0 Å². The molecule has 1 saturated heterocycles. The molecule has 0 bridgehead atoms. The summed E-state index contributed by atoms with van der Waals surface area (Å²) in [6.07, 6.45) is 5.62. The second kappa shape index (κ2) is 7.29. The number of imidazole rings is 1. The lowest BCUT2D eigenvalue weighted by molar-refractivity contribution is -0.133. The molecule has 0 spiro atoms. The molecule has 0 saturated carbocycles.